The number of sulfonamides is 1. The summed E-state index contributed by atoms with van der Waals surface area (Å²) in [6, 6.07) is 0. The maximum absolute atomic E-state index is 10.9. The molecule has 0 saturated carbocycles. The smallest absolute Gasteiger partial charge is 0.209 e. The Hall–Kier alpha value is -0.170. The average Bonchev–Trinajstić information content (AvgIpc) is 2.21. The standard InChI is InChI=1S/C11H25NO4S/c1-5-10(9-17(12,13)14)8-16-7-6-11(2,3)15-4/h10H,5-9H2,1-4H3,(H2,12,13,14). The number of nitrogens with two attached hydrogens (primary N) is 1. The molecule has 0 spiro atoms. The van der Waals surface area contributed by atoms with E-state index in [1.54, 1.807) is 7.11 Å². The molecule has 17 heavy (non-hydrogen) atoms. The molecule has 104 valence electrons. The van der Waals surface area contributed by atoms with Crippen LogP contribution in [0.2, 0.25) is 0 Å². The van der Waals surface area contributed by atoms with Crippen molar-refractivity contribution in [3.63, 3.8) is 0 Å². The summed E-state index contributed by atoms with van der Waals surface area (Å²) < 4.78 is 32.6. The SMILES string of the molecule is CCC(COCCC(C)(C)OC)CS(N)(=O)=O. The summed E-state index contributed by atoms with van der Waals surface area (Å²) in [5.74, 6) is -0.0485. The van der Waals surface area contributed by atoms with Crippen LogP contribution in [0.25, 0.3) is 0 Å². The Balaban J connectivity index is 3.86. The lowest BCUT2D eigenvalue weighted by molar-refractivity contribution is -0.0136. The summed E-state index contributed by atoms with van der Waals surface area (Å²) in [7, 11) is -1.75. The lowest BCUT2D eigenvalue weighted by Gasteiger charge is -2.23. The van der Waals surface area contributed by atoms with Crippen LogP contribution in [0.5, 0.6) is 0 Å². The van der Waals surface area contributed by atoms with Crippen LogP contribution >= 0.6 is 0 Å². The largest absolute Gasteiger partial charge is 0.381 e. The molecule has 2 N–H and O–H groups in total. The molecule has 0 aromatic carbocycles. The van der Waals surface area contributed by atoms with Gasteiger partial charge in [-0.05, 0) is 26.2 Å². The monoisotopic (exact) mass is 267 g/mol. The van der Waals surface area contributed by atoms with Gasteiger partial charge in [-0.1, -0.05) is 13.3 Å². The summed E-state index contributed by atoms with van der Waals surface area (Å²) in [6.45, 7) is 6.88. The number of hydrogen-bond acceptors (Lipinski definition) is 4. The summed E-state index contributed by atoms with van der Waals surface area (Å²) >= 11 is 0. The Kier molecular flexibility index (Phi) is 7.23. The van der Waals surface area contributed by atoms with Crippen LogP contribution in [-0.4, -0.2) is 40.1 Å². The first-order valence-electron chi connectivity index (χ1n) is 5.83. The van der Waals surface area contributed by atoms with Crippen LogP contribution in [0.4, 0.5) is 0 Å². The third kappa shape index (κ3) is 9.52. The van der Waals surface area contributed by atoms with Crippen LogP contribution in [0.1, 0.15) is 33.6 Å². The summed E-state index contributed by atoms with van der Waals surface area (Å²) in [5, 5.41) is 5.00. The number of methoxy groups -OCH3 is 1. The Morgan fingerprint density at radius 2 is 1.94 bits per heavy atom. The van der Waals surface area contributed by atoms with Gasteiger partial charge in [-0.3, -0.25) is 0 Å². The Morgan fingerprint density at radius 3 is 2.35 bits per heavy atom. The van der Waals surface area contributed by atoms with Gasteiger partial charge in [0.05, 0.1) is 18.0 Å². The predicted molar refractivity (Wildman–Crippen MR) is 68.3 cm³/mol. The predicted octanol–water partition coefficient (Wildman–Crippen LogP) is 1.13. The van der Waals surface area contributed by atoms with E-state index in [1.165, 1.54) is 0 Å². The minimum absolute atomic E-state index is 0.0167. The van der Waals surface area contributed by atoms with E-state index in [0.717, 1.165) is 12.8 Å². The van der Waals surface area contributed by atoms with Crippen LogP contribution < -0.4 is 5.14 Å². The molecule has 0 aromatic rings. The van der Waals surface area contributed by atoms with E-state index >= 15 is 0 Å². The highest BCUT2D eigenvalue weighted by molar-refractivity contribution is 7.89. The van der Waals surface area contributed by atoms with E-state index in [9.17, 15) is 8.42 Å². The van der Waals surface area contributed by atoms with E-state index in [2.05, 4.69) is 0 Å². The van der Waals surface area contributed by atoms with Crippen LogP contribution in [0, 0.1) is 5.92 Å². The van der Waals surface area contributed by atoms with E-state index in [0.29, 0.717) is 13.2 Å². The van der Waals surface area contributed by atoms with E-state index in [-0.39, 0.29) is 17.3 Å². The molecule has 5 nitrogen and oxygen atoms in total. The van der Waals surface area contributed by atoms with Gasteiger partial charge in [0.25, 0.3) is 0 Å². The molecule has 0 aliphatic heterocycles. The van der Waals surface area contributed by atoms with Crippen molar-refractivity contribution in [3.8, 4) is 0 Å². The minimum Gasteiger partial charge on any atom is -0.381 e. The lowest BCUT2D eigenvalue weighted by atomic mass is 10.1. The van der Waals surface area contributed by atoms with Gasteiger partial charge in [-0.25, -0.2) is 13.6 Å². The Bertz CT molecular complexity index is 301. The maximum Gasteiger partial charge on any atom is 0.209 e. The van der Waals surface area contributed by atoms with E-state index in [4.69, 9.17) is 14.6 Å². The topological polar surface area (TPSA) is 78.6 Å². The van der Waals surface area contributed by atoms with Gasteiger partial charge in [0, 0.05) is 13.7 Å². The lowest BCUT2D eigenvalue weighted by Crippen LogP contribution is -2.27. The molecule has 0 radical (unpaired) electrons. The number of primary sulfonamides is 1. The molecular formula is C11H25NO4S. The van der Waals surface area contributed by atoms with Crippen molar-refractivity contribution in [1.82, 2.24) is 0 Å². The molecule has 0 heterocycles. The van der Waals surface area contributed by atoms with Crippen molar-refractivity contribution in [2.75, 3.05) is 26.1 Å². The van der Waals surface area contributed by atoms with Crippen LogP contribution in [0.3, 0.4) is 0 Å². The highest BCUT2D eigenvalue weighted by atomic mass is 32.2. The van der Waals surface area contributed by atoms with Gasteiger partial charge in [-0.2, -0.15) is 0 Å². The molecule has 0 fully saturated rings. The Labute approximate surface area is 105 Å². The first kappa shape index (κ1) is 16.8. The molecule has 0 amide bonds. The minimum atomic E-state index is -3.41. The molecule has 0 rings (SSSR count). The number of hydrogen-bond donors (Lipinski definition) is 1. The van der Waals surface area contributed by atoms with Gasteiger partial charge in [0.15, 0.2) is 0 Å². The summed E-state index contributed by atoms with van der Waals surface area (Å²) in [5.41, 5.74) is -0.207. The van der Waals surface area contributed by atoms with Gasteiger partial charge >= 0.3 is 0 Å². The quantitative estimate of drug-likeness (QED) is 0.635. The zero-order valence-electron chi connectivity index (χ0n) is 11.2. The Morgan fingerprint density at radius 1 is 1.35 bits per heavy atom. The first-order valence-corrected chi connectivity index (χ1v) is 7.55. The van der Waals surface area contributed by atoms with Crippen LogP contribution in [0.15, 0.2) is 0 Å². The average molecular weight is 267 g/mol. The zero-order chi connectivity index (χ0) is 13.5. The van der Waals surface area contributed by atoms with Crippen molar-refractivity contribution >= 4 is 10.0 Å². The molecule has 0 saturated heterocycles. The molecular weight excluding hydrogens is 242 g/mol. The second kappa shape index (κ2) is 7.31. The third-order valence-corrected chi connectivity index (χ3v) is 3.74. The van der Waals surface area contributed by atoms with Gasteiger partial charge in [0.2, 0.25) is 10.0 Å². The van der Waals surface area contributed by atoms with Crippen molar-refractivity contribution in [2.45, 2.75) is 39.2 Å². The molecule has 0 bridgehead atoms. The second-order valence-electron chi connectivity index (χ2n) is 4.89. The first-order chi connectivity index (χ1) is 7.70. The van der Waals surface area contributed by atoms with Crippen LogP contribution in [-0.2, 0) is 19.5 Å². The van der Waals surface area contributed by atoms with Gasteiger partial charge < -0.3 is 9.47 Å². The molecule has 1 atom stereocenters. The summed E-state index contributed by atoms with van der Waals surface area (Å²) in [6.07, 6.45) is 1.51. The van der Waals surface area contributed by atoms with Crippen molar-refractivity contribution in [2.24, 2.45) is 11.1 Å². The van der Waals surface area contributed by atoms with Crippen molar-refractivity contribution in [1.29, 1.82) is 0 Å². The van der Waals surface area contributed by atoms with Crippen molar-refractivity contribution < 1.29 is 17.9 Å². The summed E-state index contributed by atoms with van der Waals surface area (Å²) in [4.78, 5) is 0. The highest BCUT2D eigenvalue weighted by Crippen LogP contribution is 2.13. The zero-order valence-corrected chi connectivity index (χ0v) is 12.0. The molecule has 0 aliphatic rings. The van der Waals surface area contributed by atoms with Gasteiger partial charge in [-0.15, -0.1) is 0 Å². The normalized spacial score (nSPS) is 14.9. The molecule has 1 unspecified atom stereocenters. The highest BCUT2D eigenvalue weighted by Gasteiger charge is 2.17. The fourth-order valence-electron chi connectivity index (χ4n) is 1.28. The fourth-order valence-corrected chi connectivity index (χ4v) is 2.27. The number of rotatable bonds is 9. The second-order valence-corrected chi connectivity index (χ2v) is 6.55. The maximum atomic E-state index is 10.9. The molecule has 0 aliphatic carbocycles. The molecule has 6 heteroatoms. The number of ether oxygens (including phenoxy) is 2. The third-order valence-electron chi connectivity index (χ3n) is 2.80. The van der Waals surface area contributed by atoms with Crippen molar-refractivity contribution in [3.05, 3.63) is 0 Å². The van der Waals surface area contributed by atoms with E-state index in [1.807, 2.05) is 20.8 Å². The molecule has 0 aromatic heterocycles. The van der Waals surface area contributed by atoms with E-state index < -0.39 is 10.0 Å². The fraction of sp³-hybridized carbons (Fsp3) is 1.00. The van der Waals surface area contributed by atoms with Gasteiger partial charge in [0.1, 0.15) is 0 Å².